The summed E-state index contributed by atoms with van der Waals surface area (Å²) in [6, 6.07) is 13.4. The SMILES string of the molecule is CCC(CN)(Oc1ccc(NS(C)(=O)=O)cc1)c1ccc(NS(C)(=O)=O)cc1. The van der Waals surface area contributed by atoms with Gasteiger partial charge in [0.15, 0.2) is 0 Å². The van der Waals surface area contributed by atoms with E-state index in [0.717, 1.165) is 18.1 Å². The molecule has 154 valence electrons. The molecule has 28 heavy (non-hydrogen) atoms. The van der Waals surface area contributed by atoms with E-state index in [1.54, 1.807) is 48.5 Å². The first kappa shape index (κ1) is 22.0. The molecule has 0 aliphatic rings. The van der Waals surface area contributed by atoms with Crippen LogP contribution >= 0.6 is 0 Å². The molecule has 0 heterocycles. The van der Waals surface area contributed by atoms with E-state index in [1.807, 2.05) is 6.92 Å². The van der Waals surface area contributed by atoms with Crippen molar-refractivity contribution in [3.63, 3.8) is 0 Å². The molecule has 0 saturated carbocycles. The van der Waals surface area contributed by atoms with E-state index in [-0.39, 0.29) is 6.54 Å². The van der Waals surface area contributed by atoms with Crippen molar-refractivity contribution in [1.82, 2.24) is 0 Å². The van der Waals surface area contributed by atoms with Crippen LogP contribution in [0.1, 0.15) is 18.9 Å². The third-order valence-corrected chi connectivity index (χ3v) is 5.30. The molecule has 2 rings (SSSR count). The second kappa shape index (κ2) is 8.38. The van der Waals surface area contributed by atoms with Gasteiger partial charge in [-0.15, -0.1) is 0 Å². The van der Waals surface area contributed by atoms with Crippen LogP contribution in [-0.4, -0.2) is 35.9 Å². The Morgan fingerprint density at radius 2 is 1.29 bits per heavy atom. The third-order valence-electron chi connectivity index (χ3n) is 4.09. The smallest absolute Gasteiger partial charge is 0.229 e. The highest BCUT2D eigenvalue weighted by molar-refractivity contribution is 7.92. The van der Waals surface area contributed by atoms with Gasteiger partial charge in [-0.1, -0.05) is 19.1 Å². The summed E-state index contributed by atoms with van der Waals surface area (Å²) in [5.74, 6) is 0.532. The fourth-order valence-corrected chi connectivity index (χ4v) is 3.85. The zero-order chi connectivity index (χ0) is 21.0. The van der Waals surface area contributed by atoms with Crippen LogP contribution in [0.15, 0.2) is 48.5 Å². The second-order valence-corrected chi connectivity index (χ2v) is 10.0. The van der Waals surface area contributed by atoms with Gasteiger partial charge in [0.2, 0.25) is 20.0 Å². The molecule has 0 aliphatic heterocycles. The normalized spacial score (nSPS) is 14.1. The lowest BCUT2D eigenvalue weighted by molar-refractivity contribution is 0.0710. The Bertz CT molecular complexity index is 998. The number of nitrogens with two attached hydrogens (primary N) is 1. The Morgan fingerprint density at radius 3 is 1.64 bits per heavy atom. The number of nitrogens with one attached hydrogen (secondary N) is 2. The summed E-state index contributed by atoms with van der Waals surface area (Å²) < 4.78 is 56.3. The maximum atomic E-state index is 11.4. The predicted octanol–water partition coefficient (Wildman–Crippen LogP) is 2.07. The molecule has 0 aromatic heterocycles. The van der Waals surface area contributed by atoms with Gasteiger partial charge < -0.3 is 10.5 Å². The van der Waals surface area contributed by atoms with Gasteiger partial charge in [0.1, 0.15) is 11.4 Å². The fourth-order valence-electron chi connectivity index (χ4n) is 2.73. The highest BCUT2D eigenvalue weighted by Crippen LogP contribution is 2.32. The summed E-state index contributed by atoms with van der Waals surface area (Å²) >= 11 is 0. The molecule has 0 amide bonds. The van der Waals surface area contributed by atoms with Crippen LogP contribution in [-0.2, 0) is 25.6 Å². The van der Waals surface area contributed by atoms with Crippen LogP contribution < -0.4 is 19.9 Å². The van der Waals surface area contributed by atoms with E-state index in [1.165, 1.54) is 0 Å². The van der Waals surface area contributed by atoms with E-state index < -0.39 is 25.6 Å². The topological polar surface area (TPSA) is 128 Å². The Labute approximate surface area is 166 Å². The molecule has 1 unspecified atom stereocenters. The van der Waals surface area contributed by atoms with Crippen molar-refractivity contribution in [2.24, 2.45) is 5.73 Å². The maximum absolute atomic E-state index is 11.4. The Morgan fingerprint density at radius 1 is 0.857 bits per heavy atom. The van der Waals surface area contributed by atoms with Crippen LogP contribution in [0.25, 0.3) is 0 Å². The standard InChI is InChI=1S/C18H25N3O5S2/c1-4-18(13-19,14-5-7-15(8-6-14)20-27(2,22)23)26-17-11-9-16(10-12-17)21-28(3,24)25/h5-12,20-21H,4,13,19H2,1-3H3. The van der Waals surface area contributed by atoms with Crippen LogP contribution in [0.5, 0.6) is 5.75 Å². The largest absolute Gasteiger partial charge is 0.481 e. The van der Waals surface area contributed by atoms with Crippen LogP contribution in [0.4, 0.5) is 11.4 Å². The highest BCUT2D eigenvalue weighted by atomic mass is 32.2. The highest BCUT2D eigenvalue weighted by Gasteiger charge is 2.31. The van der Waals surface area contributed by atoms with Gasteiger partial charge in [-0.2, -0.15) is 0 Å². The molecule has 0 aliphatic carbocycles. The number of hydrogen-bond acceptors (Lipinski definition) is 6. The Kier molecular flexibility index (Phi) is 6.58. The Hall–Kier alpha value is -2.30. The number of ether oxygens (including phenoxy) is 1. The van der Waals surface area contributed by atoms with Crippen molar-refractivity contribution in [1.29, 1.82) is 0 Å². The molecule has 0 radical (unpaired) electrons. The Balaban J connectivity index is 2.26. The molecule has 4 N–H and O–H groups in total. The summed E-state index contributed by atoms with van der Waals surface area (Å²) in [5, 5.41) is 0. The minimum Gasteiger partial charge on any atom is -0.481 e. The van der Waals surface area contributed by atoms with Crippen molar-refractivity contribution in [3.8, 4) is 5.75 Å². The first-order chi connectivity index (χ1) is 13.0. The van der Waals surface area contributed by atoms with E-state index in [2.05, 4.69) is 9.44 Å². The molecule has 2 aromatic carbocycles. The average molecular weight is 428 g/mol. The molecule has 1 atom stereocenters. The van der Waals surface area contributed by atoms with E-state index in [9.17, 15) is 16.8 Å². The molecule has 0 bridgehead atoms. The van der Waals surface area contributed by atoms with Crippen LogP contribution in [0.2, 0.25) is 0 Å². The minimum absolute atomic E-state index is 0.200. The lowest BCUT2D eigenvalue weighted by atomic mass is 9.90. The number of benzene rings is 2. The molecule has 10 heteroatoms. The van der Waals surface area contributed by atoms with Crippen molar-refractivity contribution >= 4 is 31.4 Å². The number of hydrogen-bond donors (Lipinski definition) is 3. The zero-order valence-electron chi connectivity index (χ0n) is 16.0. The van der Waals surface area contributed by atoms with Crippen LogP contribution in [0.3, 0.4) is 0 Å². The molecule has 0 saturated heterocycles. The molecule has 0 fully saturated rings. The van der Waals surface area contributed by atoms with Crippen molar-refractivity contribution in [3.05, 3.63) is 54.1 Å². The molecule has 0 spiro atoms. The van der Waals surface area contributed by atoms with Gasteiger partial charge in [-0.25, -0.2) is 16.8 Å². The van der Waals surface area contributed by atoms with Crippen molar-refractivity contribution < 1.29 is 21.6 Å². The summed E-state index contributed by atoms with van der Waals surface area (Å²) in [5.41, 5.74) is 6.89. The monoisotopic (exact) mass is 427 g/mol. The van der Waals surface area contributed by atoms with Crippen LogP contribution in [0, 0.1) is 0 Å². The lowest BCUT2D eigenvalue weighted by Gasteiger charge is -2.33. The third kappa shape index (κ3) is 6.11. The van der Waals surface area contributed by atoms with Gasteiger partial charge in [0.05, 0.1) is 12.5 Å². The first-order valence-corrected chi connectivity index (χ1v) is 12.3. The second-order valence-electron chi connectivity index (χ2n) is 6.50. The molecular weight excluding hydrogens is 402 g/mol. The van der Waals surface area contributed by atoms with Gasteiger partial charge in [0, 0.05) is 17.9 Å². The number of sulfonamides is 2. The molecule has 2 aromatic rings. The summed E-state index contributed by atoms with van der Waals surface area (Å²) in [7, 11) is -6.71. The molecular formula is C18H25N3O5S2. The van der Waals surface area contributed by atoms with Crippen molar-refractivity contribution in [2.75, 3.05) is 28.5 Å². The number of anilines is 2. The molecule has 8 nitrogen and oxygen atoms in total. The quantitative estimate of drug-likeness (QED) is 0.562. The fraction of sp³-hybridized carbons (Fsp3) is 0.333. The lowest BCUT2D eigenvalue weighted by Crippen LogP contribution is -2.40. The van der Waals surface area contributed by atoms with Gasteiger partial charge in [0.25, 0.3) is 0 Å². The van der Waals surface area contributed by atoms with Gasteiger partial charge >= 0.3 is 0 Å². The van der Waals surface area contributed by atoms with E-state index in [4.69, 9.17) is 10.5 Å². The maximum Gasteiger partial charge on any atom is 0.229 e. The summed E-state index contributed by atoms with van der Waals surface area (Å²) in [4.78, 5) is 0. The zero-order valence-corrected chi connectivity index (χ0v) is 17.6. The van der Waals surface area contributed by atoms with Gasteiger partial charge in [-0.3, -0.25) is 9.44 Å². The predicted molar refractivity (Wildman–Crippen MR) is 111 cm³/mol. The summed E-state index contributed by atoms with van der Waals surface area (Å²) in [6.45, 7) is 2.14. The summed E-state index contributed by atoms with van der Waals surface area (Å²) in [6.07, 6.45) is 2.74. The minimum atomic E-state index is -3.36. The van der Waals surface area contributed by atoms with E-state index >= 15 is 0 Å². The van der Waals surface area contributed by atoms with E-state index in [0.29, 0.717) is 23.5 Å². The average Bonchev–Trinajstić information content (AvgIpc) is 2.59. The first-order valence-electron chi connectivity index (χ1n) is 8.51. The van der Waals surface area contributed by atoms with Crippen molar-refractivity contribution in [2.45, 2.75) is 18.9 Å². The van der Waals surface area contributed by atoms with Gasteiger partial charge in [-0.05, 0) is 48.4 Å². The number of rotatable bonds is 9.